The van der Waals surface area contributed by atoms with Gasteiger partial charge in [-0.3, -0.25) is 0 Å². The summed E-state index contributed by atoms with van der Waals surface area (Å²) in [5, 5.41) is 8.87. The van der Waals surface area contributed by atoms with E-state index in [4.69, 9.17) is 12.4 Å². The fourth-order valence-electron chi connectivity index (χ4n) is 2.23. The van der Waals surface area contributed by atoms with Crippen molar-refractivity contribution < 1.29 is 20.1 Å². The first-order chi connectivity index (χ1) is 11.7. The minimum absolute atomic E-state index is 0.111. The van der Waals surface area contributed by atoms with E-state index in [0.717, 1.165) is 0 Å². The van der Waals surface area contributed by atoms with Crippen molar-refractivity contribution >= 4 is 10.0 Å². The molecular weight excluding hydrogens is 318 g/mol. The molecule has 3 aromatic rings. The number of hydrogen-bond donors (Lipinski definition) is 1. The zero-order chi connectivity index (χ0) is 18.2. The highest BCUT2D eigenvalue weighted by atomic mass is 32.2. The lowest BCUT2D eigenvalue weighted by atomic mass is 9.99. The molecule has 2 N–H and O–H groups in total. The molecule has 0 fully saturated rings. The topological polar surface area (TPSA) is 86.2 Å². The van der Waals surface area contributed by atoms with Crippen molar-refractivity contribution in [3.63, 3.8) is 0 Å². The second-order valence-corrected chi connectivity index (χ2v) is 6.33. The predicted octanol–water partition coefficient (Wildman–Crippen LogP) is 3.13. The Morgan fingerprint density at radius 1 is 1.09 bits per heavy atom. The van der Waals surface area contributed by atoms with E-state index in [-0.39, 0.29) is 16.2 Å². The van der Waals surface area contributed by atoms with Gasteiger partial charge in [-0.1, -0.05) is 47.6 Å². The highest BCUT2D eigenvalue weighted by molar-refractivity contribution is 7.89. The first kappa shape index (κ1) is 13.0. The van der Waals surface area contributed by atoms with E-state index >= 15 is 0 Å². The van der Waals surface area contributed by atoms with E-state index < -0.39 is 22.4 Å². The van der Waals surface area contributed by atoms with Gasteiger partial charge < -0.3 is 4.52 Å². The van der Waals surface area contributed by atoms with Crippen LogP contribution in [0.4, 0.5) is 4.39 Å². The van der Waals surface area contributed by atoms with Crippen LogP contribution >= 0.6 is 0 Å². The number of halogens is 1. The van der Waals surface area contributed by atoms with E-state index in [9.17, 15) is 12.8 Å². The maximum atomic E-state index is 13.9. The van der Waals surface area contributed by atoms with Gasteiger partial charge >= 0.3 is 0 Å². The lowest BCUT2D eigenvalue weighted by Gasteiger charge is -2.05. The third-order valence-electron chi connectivity index (χ3n) is 3.30. The summed E-state index contributed by atoms with van der Waals surface area (Å²) in [6.45, 7) is -3.26. The number of benzene rings is 2. The molecule has 0 atom stereocenters. The van der Waals surface area contributed by atoms with Gasteiger partial charge in [0, 0.05) is 5.56 Å². The predicted molar refractivity (Wildman–Crippen MR) is 83.6 cm³/mol. The Labute approximate surface area is 135 Å². The first-order valence-corrected chi connectivity index (χ1v) is 8.10. The Hall–Kier alpha value is -2.51. The molecular formula is C16H13FN2O3S. The van der Waals surface area contributed by atoms with Gasteiger partial charge in [-0.2, -0.15) is 0 Å². The monoisotopic (exact) mass is 333 g/mol. The molecule has 0 saturated heterocycles. The van der Waals surface area contributed by atoms with Crippen LogP contribution in [-0.4, -0.2) is 13.6 Å². The molecule has 0 spiro atoms. The molecule has 3 rings (SSSR count). The third kappa shape index (κ3) is 3.01. The van der Waals surface area contributed by atoms with Gasteiger partial charge in [0.15, 0.2) is 12.4 Å². The first-order valence-electron chi connectivity index (χ1n) is 7.55. The van der Waals surface area contributed by atoms with Crippen LogP contribution in [-0.2, 0) is 16.6 Å². The summed E-state index contributed by atoms with van der Waals surface area (Å²) in [6, 6.07) is 14.0. The summed E-state index contributed by atoms with van der Waals surface area (Å²) in [5.74, 6) is -0.588. The average molecular weight is 333 g/mol. The van der Waals surface area contributed by atoms with Crippen LogP contribution < -0.4 is 5.14 Å². The molecule has 1 aromatic heterocycles. The van der Waals surface area contributed by atoms with E-state index in [2.05, 4.69) is 5.16 Å². The average Bonchev–Trinajstić information content (AvgIpc) is 3.00. The standard InChI is InChI=1S/C16H13FN2O3S/c17-10-14-15(11-6-8-13(9-7-11)23(18,20)21)16(19-22-14)12-4-2-1-3-5-12/h1-9H,10H2,(H2,18,20,21)/i10D2,17-1. The number of hydrogen-bond acceptors (Lipinski definition) is 4. The molecule has 0 unspecified atom stereocenters. The molecule has 2 aromatic carbocycles. The second-order valence-electron chi connectivity index (χ2n) is 4.77. The molecule has 0 saturated carbocycles. The Morgan fingerprint density at radius 2 is 1.74 bits per heavy atom. The normalized spacial score (nSPS) is 13.5. The van der Waals surface area contributed by atoms with Crippen molar-refractivity contribution in [2.75, 3.05) is 0 Å². The third-order valence-corrected chi connectivity index (χ3v) is 4.23. The van der Waals surface area contributed by atoms with Crippen molar-refractivity contribution in [3.8, 4) is 22.4 Å². The molecule has 1 heterocycles. The van der Waals surface area contributed by atoms with Crippen LogP contribution in [0.25, 0.3) is 22.4 Å². The zero-order valence-electron chi connectivity index (χ0n) is 13.7. The van der Waals surface area contributed by atoms with E-state index in [0.29, 0.717) is 11.1 Å². The molecule has 0 aliphatic heterocycles. The number of primary sulfonamides is 1. The van der Waals surface area contributed by atoms with Crippen molar-refractivity contribution in [3.05, 3.63) is 60.4 Å². The number of alkyl halides is 1. The maximum Gasteiger partial charge on any atom is 0.238 e. The number of rotatable bonds is 4. The Bertz CT molecular complexity index is 998. The van der Waals surface area contributed by atoms with Crippen molar-refractivity contribution in [1.82, 2.24) is 5.16 Å². The molecule has 0 bridgehead atoms. The summed E-state index contributed by atoms with van der Waals surface area (Å²) >= 11 is 0. The van der Waals surface area contributed by atoms with E-state index in [1.165, 1.54) is 24.3 Å². The van der Waals surface area contributed by atoms with Gasteiger partial charge in [0.1, 0.15) is 5.69 Å². The summed E-state index contributed by atoms with van der Waals surface area (Å²) in [5.41, 5.74) is 1.32. The van der Waals surface area contributed by atoms with E-state index in [1.54, 1.807) is 30.3 Å². The molecule has 23 heavy (non-hydrogen) atoms. The molecule has 0 radical (unpaired) electrons. The fraction of sp³-hybridized carbons (Fsp3) is 0.0625. The number of nitrogens with zero attached hydrogens (tertiary/aromatic N) is 1. The van der Waals surface area contributed by atoms with Crippen molar-refractivity contribution in [2.45, 2.75) is 11.5 Å². The summed E-state index contributed by atoms with van der Waals surface area (Å²) in [6.07, 6.45) is 0. The SMILES string of the molecule is [2H]C([2H])([18F])c1onc(-c2ccccc2)c1-c1ccc(S(N)(=O)=O)cc1. The summed E-state index contributed by atoms with van der Waals surface area (Å²) in [7, 11) is -3.88. The Morgan fingerprint density at radius 3 is 2.30 bits per heavy atom. The highest BCUT2D eigenvalue weighted by Gasteiger charge is 2.19. The fourth-order valence-corrected chi connectivity index (χ4v) is 2.74. The van der Waals surface area contributed by atoms with Crippen LogP contribution in [0, 0.1) is 0 Å². The summed E-state index contributed by atoms with van der Waals surface area (Å²) < 4.78 is 56.3. The lowest BCUT2D eigenvalue weighted by molar-refractivity contribution is 0.332. The number of aromatic nitrogens is 1. The molecule has 0 amide bonds. The van der Waals surface area contributed by atoms with E-state index in [1.807, 2.05) is 0 Å². The Kier molecular flexibility index (Phi) is 3.35. The zero-order valence-corrected chi connectivity index (χ0v) is 12.5. The van der Waals surface area contributed by atoms with Crippen molar-refractivity contribution in [1.29, 1.82) is 0 Å². The molecule has 5 nitrogen and oxygen atoms in total. The molecule has 0 aliphatic rings. The lowest BCUT2D eigenvalue weighted by Crippen LogP contribution is -2.11. The number of nitrogens with two attached hydrogens (primary N) is 1. The molecule has 0 aliphatic carbocycles. The smallest absolute Gasteiger partial charge is 0.238 e. The van der Waals surface area contributed by atoms with Gasteiger partial charge in [0.05, 0.1) is 13.2 Å². The largest absolute Gasteiger partial charge is 0.357 e. The van der Waals surface area contributed by atoms with Gasteiger partial charge in [-0.15, -0.1) is 0 Å². The van der Waals surface area contributed by atoms with Gasteiger partial charge in [-0.25, -0.2) is 17.9 Å². The van der Waals surface area contributed by atoms with Crippen LogP contribution in [0.15, 0.2) is 64.0 Å². The van der Waals surface area contributed by atoms with Crippen LogP contribution in [0.2, 0.25) is 0 Å². The summed E-state index contributed by atoms with van der Waals surface area (Å²) in [4.78, 5) is -0.112. The van der Waals surface area contributed by atoms with Gasteiger partial charge in [0.25, 0.3) is 0 Å². The van der Waals surface area contributed by atoms with Crippen LogP contribution in [0.1, 0.15) is 8.50 Å². The second kappa shape index (κ2) is 5.94. The maximum absolute atomic E-state index is 13.9. The van der Waals surface area contributed by atoms with Crippen molar-refractivity contribution in [2.24, 2.45) is 5.14 Å². The Balaban J connectivity index is 2.21. The molecule has 118 valence electrons. The van der Waals surface area contributed by atoms with Crippen LogP contribution in [0.5, 0.6) is 0 Å². The minimum atomic E-state index is -3.88. The number of sulfonamides is 1. The van der Waals surface area contributed by atoms with Crippen LogP contribution in [0.3, 0.4) is 0 Å². The highest BCUT2D eigenvalue weighted by Crippen LogP contribution is 2.35. The quantitative estimate of drug-likeness (QED) is 0.795. The minimum Gasteiger partial charge on any atom is -0.357 e. The van der Waals surface area contributed by atoms with Gasteiger partial charge in [0.2, 0.25) is 10.0 Å². The molecule has 7 heteroatoms. The van der Waals surface area contributed by atoms with Gasteiger partial charge in [-0.05, 0) is 17.7 Å².